The van der Waals surface area contributed by atoms with Gasteiger partial charge >= 0.3 is 0 Å². The van der Waals surface area contributed by atoms with Crippen LogP contribution < -0.4 is 0 Å². The lowest BCUT2D eigenvalue weighted by Gasteiger charge is -2.05. The van der Waals surface area contributed by atoms with Crippen LogP contribution in [0.1, 0.15) is 16.7 Å². The van der Waals surface area contributed by atoms with Crippen molar-refractivity contribution in [2.24, 2.45) is 0 Å². The summed E-state index contributed by atoms with van der Waals surface area (Å²) in [4.78, 5) is 0. The largest absolute Gasteiger partial charge is 0.192 e. The number of nitrogens with zero attached hydrogens (tertiary/aromatic N) is 1. The second-order valence-corrected chi connectivity index (χ2v) is 2.81. The third-order valence-corrected chi connectivity index (χ3v) is 2.06. The van der Waals surface area contributed by atoms with Gasteiger partial charge in [0.25, 0.3) is 0 Å². The first kappa shape index (κ1) is 9.28. The molecular weight excluding hydrogens is 158 g/mol. The molecule has 0 bridgehead atoms. The van der Waals surface area contributed by atoms with Crippen LogP contribution in [0.2, 0.25) is 0 Å². The number of benzene rings is 1. The molecule has 0 aliphatic carbocycles. The van der Waals surface area contributed by atoms with E-state index in [2.05, 4.69) is 13.2 Å². The predicted molar refractivity (Wildman–Crippen MR) is 55.9 cm³/mol. The van der Waals surface area contributed by atoms with Crippen molar-refractivity contribution in [3.63, 3.8) is 0 Å². The van der Waals surface area contributed by atoms with E-state index >= 15 is 0 Å². The molecule has 1 aromatic rings. The Kier molecular flexibility index (Phi) is 2.66. The molecule has 0 spiro atoms. The van der Waals surface area contributed by atoms with E-state index in [9.17, 15) is 0 Å². The zero-order valence-corrected chi connectivity index (χ0v) is 7.67. The van der Waals surface area contributed by atoms with Crippen LogP contribution in [0.15, 0.2) is 31.4 Å². The molecule has 0 radical (unpaired) electrons. The molecule has 0 saturated carbocycles. The van der Waals surface area contributed by atoms with E-state index in [-0.39, 0.29) is 0 Å². The van der Waals surface area contributed by atoms with Gasteiger partial charge in [-0.3, -0.25) is 0 Å². The lowest BCUT2D eigenvalue weighted by molar-refractivity contribution is 1.40. The Morgan fingerprint density at radius 2 is 2.23 bits per heavy atom. The molecular formula is C12H11N. The molecule has 1 rings (SSSR count). The number of hydrogen-bond donors (Lipinski definition) is 0. The molecule has 13 heavy (non-hydrogen) atoms. The lowest BCUT2D eigenvalue weighted by atomic mass is 9.98. The minimum absolute atomic E-state index is 0.501. The van der Waals surface area contributed by atoms with E-state index in [0.29, 0.717) is 5.57 Å². The van der Waals surface area contributed by atoms with Gasteiger partial charge in [0.1, 0.15) is 0 Å². The number of allylic oxidation sites excluding steroid dienone is 1. The van der Waals surface area contributed by atoms with E-state index in [4.69, 9.17) is 5.26 Å². The van der Waals surface area contributed by atoms with Crippen LogP contribution in [0.5, 0.6) is 0 Å². The van der Waals surface area contributed by atoms with E-state index in [1.165, 1.54) is 0 Å². The fraction of sp³-hybridized carbons (Fsp3) is 0.0833. The predicted octanol–water partition coefficient (Wildman–Crippen LogP) is 3.17. The lowest BCUT2D eigenvalue weighted by Crippen LogP contribution is -1.88. The quantitative estimate of drug-likeness (QED) is 0.624. The summed E-state index contributed by atoms with van der Waals surface area (Å²) in [5.41, 5.74) is 3.51. The summed E-state index contributed by atoms with van der Waals surface area (Å²) >= 11 is 0. The molecule has 0 N–H and O–H groups in total. The molecule has 0 aromatic heterocycles. The molecule has 0 aliphatic rings. The molecule has 1 nitrogen and oxygen atoms in total. The van der Waals surface area contributed by atoms with Gasteiger partial charge in [-0.1, -0.05) is 37.4 Å². The first-order valence-electron chi connectivity index (χ1n) is 4.02. The van der Waals surface area contributed by atoms with E-state index in [1.54, 1.807) is 6.08 Å². The topological polar surface area (TPSA) is 23.8 Å². The number of hydrogen-bond acceptors (Lipinski definition) is 1. The Morgan fingerprint density at radius 3 is 2.77 bits per heavy atom. The molecule has 64 valence electrons. The highest BCUT2D eigenvalue weighted by molar-refractivity contribution is 5.78. The maximum absolute atomic E-state index is 8.70. The van der Waals surface area contributed by atoms with Crippen molar-refractivity contribution in [1.29, 1.82) is 5.26 Å². The molecule has 0 saturated heterocycles. The highest BCUT2D eigenvalue weighted by atomic mass is 14.2. The van der Waals surface area contributed by atoms with E-state index in [1.807, 2.05) is 31.2 Å². The second-order valence-electron chi connectivity index (χ2n) is 2.81. The maximum atomic E-state index is 8.70. The van der Waals surface area contributed by atoms with Gasteiger partial charge in [-0.2, -0.15) is 5.26 Å². The first-order valence-corrected chi connectivity index (χ1v) is 4.02. The average Bonchev–Trinajstić information content (AvgIpc) is 2.17. The van der Waals surface area contributed by atoms with Crippen molar-refractivity contribution in [1.82, 2.24) is 0 Å². The van der Waals surface area contributed by atoms with Crippen molar-refractivity contribution >= 4 is 11.6 Å². The van der Waals surface area contributed by atoms with Crippen molar-refractivity contribution in [3.8, 4) is 6.07 Å². The fourth-order valence-corrected chi connectivity index (χ4v) is 1.26. The fourth-order valence-electron chi connectivity index (χ4n) is 1.26. The summed E-state index contributed by atoms with van der Waals surface area (Å²) in [6.07, 6.45) is 1.78. The van der Waals surface area contributed by atoms with Crippen LogP contribution >= 0.6 is 0 Å². The Hall–Kier alpha value is -1.81. The highest BCUT2D eigenvalue weighted by Gasteiger charge is 2.03. The zero-order chi connectivity index (χ0) is 9.84. The molecule has 0 aliphatic heterocycles. The molecule has 1 aromatic carbocycles. The number of nitriles is 1. The van der Waals surface area contributed by atoms with Gasteiger partial charge in [0, 0.05) is 0 Å². The SMILES string of the molecule is C=Cc1cccc(C(=C)C#N)c1C. The van der Waals surface area contributed by atoms with Crippen LogP contribution in [0.25, 0.3) is 11.6 Å². The molecule has 0 fully saturated rings. The van der Waals surface area contributed by atoms with Crippen LogP contribution in [0, 0.1) is 18.3 Å². The van der Waals surface area contributed by atoms with Gasteiger partial charge in [-0.05, 0) is 23.6 Å². The summed E-state index contributed by atoms with van der Waals surface area (Å²) < 4.78 is 0. The highest BCUT2D eigenvalue weighted by Crippen LogP contribution is 2.20. The Balaban J connectivity index is 3.33. The minimum Gasteiger partial charge on any atom is -0.192 e. The smallest absolute Gasteiger partial charge is 0.0991 e. The summed E-state index contributed by atoms with van der Waals surface area (Å²) in [5.74, 6) is 0. The third-order valence-electron chi connectivity index (χ3n) is 2.06. The van der Waals surface area contributed by atoms with Gasteiger partial charge < -0.3 is 0 Å². The van der Waals surface area contributed by atoms with Gasteiger partial charge in [0.2, 0.25) is 0 Å². The summed E-state index contributed by atoms with van der Waals surface area (Å²) in [5, 5.41) is 8.70. The Bertz CT molecular complexity index is 394. The molecule has 1 heteroatoms. The Morgan fingerprint density at radius 1 is 1.54 bits per heavy atom. The van der Waals surface area contributed by atoms with Gasteiger partial charge in [0.05, 0.1) is 11.6 Å². The maximum Gasteiger partial charge on any atom is 0.0991 e. The molecule has 0 unspecified atom stereocenters. The summed E-state index contributed by atoms with van der Waals surface area (Å²) in [7, 11) is 0. The summed E-state index contributed by atoms with van der Waals surface area (Å²) in [6, 6.07) is 7.81. The normalized spacial score (nSPS) is 8.92. The van der Waals surface area contributed by atoms with Gasteiger partial charge in [-0.25, -0.2) is 0 Å². The van der Waals surface area contributed by atoms with Crippen molar-refractivity contribution < 1.29 is 0 Å². The van der Waals surface area contributed by atoms with Crippen LogP contribution in [0.3, 0.4) is 0 Å². The number of rotatable bonds is 2. The van der Waals surface area contributed by atoms with Crippen molar-refractivity contribution in [3.05, 3.63) is 48.0 Å². The Labute approximate surface area is 78.6 Å². The minimum atomic E-state index is 0.501. The summed E-state index contributed by atoms with van der Waals surface area (Å²) in [6.45, 7) is 9.36. The monoisotopic (exact) mass is 169 g/mol. The van der Waals surface area contributed by atoms with Crippen LogP contribution in [-0.4, -0.2) is 0 Å². The molecule has 0 heterocycles. The van der Waals surface area contributed by atoms with Crippen molar-refractivity contribution in [2.45, 2.75) is 6.92 Å². The molecule has 0 atom stereocenters. The van der Waals surface area contributed by atoms with Gasteiger partial charge in [-0.15, -0.1) is 0 Å². The van der Waals surface area contributed by atoms with Gasteiger partial charge in [0.15, 0.2) is 0 Å². The first-order chi connectivity index (χ1) is 6.20. The molecule has 0 amide bonds. The van der Waals surface area contributed by atoms with Crippen molar-refractivity contribution in [2.75, 3.05) is 0 Å². The average molecular weight is 169 g/mol. The second kappa shape index (κ2) is 3.73. The zero-order valence-electron chi connectivity index (χ0n) is 7.67. The standard InChI is InChI=1S/C12H11N/c1-4-11-6-5-7-12(10(11)3)9(2)8-13/h4-7H,1-2H2,3H3. The van der Waals surface area contributed by atoms with Crippen LogP contribution in [-0.2, 0) is 0 Å². The van der Waals surface area contributed by atoms with E-state index < -0.39 is 0 Å². The third kappa shape index (κ3) is 1.68. The van der Waals surface area contributed by atoms with E-state index in [0.717, 1.165) is 16.7 Å². The van der Waals surface area contributed by atoms with Crippen LogP contribution in [0.4, 0.5) is 0 Å².